The highest BCUT2D eigenvalue weighted by atomic mass is 16.5. The van der Waals surface area contributed by atoms with E-state index in [2.05, 4.69) is 17.9 Å². The molecule has 0 saturated carbocycles. The van der Waals surface area contributed by atoms with E-state index >= 15 is 0 Å². The number of aliphatic hydroxyl groups is 1. The second kappa shape index (κ2) is 6.89. The summed E-state index contributed by atoms with van der Waals surface area (Å²) in [5, 5.41) is 10.0. The van der Waals surface area contributed by atoms with Crippen molar-refractivity contribution < 1.29 is 14.6 Å². The lowest BCUT2D eigenvalue weighted by Crippen LogP contribution is -2.42. The van der Waals surface area contributed by atoms with Gasteiger partial charge in [-0.1, -0.05) is 17.7 Å². The molecule has 1 aliphatic rings. The van der Waals surface area contributed by atoms with Gasteiger partial charge in [-0.25, -0.2) is 0 Å². The Bertz CT molecular complexity index is 402. The van der Waals surface area contributed by atoms with Crippen LogP contribution in [-0.2, 0) is 4.74 Å². The van der Waals surface area contributed by atoms with E-state index < -0.39 is 6.10 Å². The van der Waals surface area contributed by atoms with Crippen LogP contribution < -0.4 is 4.74 Å². The van der Waals surface area contributed by atoms with Gasteiger partial charge in [-0.2, -0.15) is 0 Å². The smallest absolute Gasteiger partial charge is 0.122 e. The molecular formula is C15H23NO3. The van der Waals surface area contributed by atoms with E-state index in [1.807, 2.05) is 19.1 Å². The van der Waals surface area contributed by atoms with Crippen LogP contribution in [-0.4, -0.2) is 55.6 Å². The molecule has 4 heteroatoms. The van der Waals surface area contributed by atoms with Gasteiger partial charge in [0.25, 0.3) is 0 Å². The second-order valence-electron chi connectivity index (χ2n) is 5.15. The summed E-state index contributed by atoms with van der Waals surface area (Å²) in [6, 6.07) is 6.08. The maximum absolute atomic E-state index is 10.0. The third-order valence-electron chi connectivity index (χ3n) is 3.33. The van der Waals surface area contributed by atoms with E-state index in [1.165, 1.54) is 5.56 Å². The van der Waals surface area contributed by atoms with Crippen LogP contribution in [0.3, 0.4) is 0 Å². The number of morpholine rings is 1. The molecule has 1 aromatic rings. The molecule has 0 aliphatic carbocycles. The van der Waals surface area contributed by atoms with Crippen LogP contribution >= 0.6 is 0 Å². The van der Waals surface area contributed by atoms with E-state index in [0.29, 0.717) is 13.2 Å². The summed E-state index contributed by atoms with van der Waals surface area (Å²) in [6.07, 6.45) is -0.459. The van der Waals surface area contributed by atoms with Gasteiger partial charge in [0.2, 0.25) is 0 Å². The number of aryl methyl sites for hydroxylation is 2. The van der Waals surface area contributed by atoms with Crippen molar-refractivity contribution in [3.8, 4) is 5.75 Å². The fourth-order valence-corrected chi connectivity index (χ4v) is 2.28. The number of nitrogens with zero attached hydrogens (tertiary/aromatic N) is 1. The Morgan fingerprint density at radius 2 is 2.05 bits per heavy atom. The lowest BCUT2D eigenvalue weighted by molar-refractivity contribution is 0.00460. The van der Waals surface area contributed by atoms with E-state index in [0.717, 1.165) is 37.6 Å². The molecule has 1 aliphatic heterocycles. The molecule has 1 saturated heterocycles. The molecule has 0 radical (unpaired) electrons. The topological polar surface area (TPSA) is 41.9 Å². The van der Waals surface area contributed by atoms with Gasteiger partial charge in [-0.15, -0.1) is 0 Å². The van der Waals surface area contributed by atoms with Gasteiger partial charge in [-0.05, 0) is 25.5 Å². The molecule has 2 rings (SSSR count). The van der Waals surface area contributed by atoms with Crippen molar-refractivity contribution in [2.24, 2.45) is 0 Å². The van der Waals surface area contributed by atoms with Crippen molar-refractivity contribution in [2.45, 2.75) is 20.0 Å². The first-order valence-corrected chi connectivity index (χ1v) is 6.83. The van der Waals surface area contributed by atoms with Crippen molar-refractivity contribution in [3.05, 3.63) is 29.3 Å². The van der Waals surface area contributed by atoms with Crippen LogP contribution in [0.25, 0.3) is 0 Å². The minimum Gasteiger partial charge on any atom is -0.491 e. The zero-order valence-corrected chi connectivity index (χ0v) is 11.8. The Kier molecular flexibility index (Phi) is 5.19. The predicted molar refractivity (Wildman–Crippen MR) is 74.7 cm³/mol. The number of β-amino-alcohol motifs (C(OH)–C–C–N with tert-alkyl or cyclic N) is 1. The molecule has 4 nitrogen and oxygen atoms in total. The third kappa shape index (κ3) is 4.49. The fourth-order valence-electron chi connectivity index (χ4n) is 2.28. The summed E-state index contributed by atoms with van der Waals surface area (Å²) < 4.78 is 11.0. The van der Waals surface area contributed by atoms with Crippen molar-refractivity contribution in [1.82, 2.24) is 4.90 Å². The van der Waals surface area contributed by atoms with E-state index in [4.69, 9.17) is 9.47 Å². The van der Waals surface area contributed by atoms with Gasteiger partial charge in [-0.3, -0.25) is 4.90 Å². The first kappa shape index (κ1) is 14.3. The SMILES string of the molecule is Cc1ccc(OCC(O)CN2CCOCC2)c(C)c1. The van der Waals surface area contributed by atoms with E-state index in [9.17, 15) is 5.11 Å². The standard InChI is InChI=1S/C15H23NO3/c1-12-3-4-15(13(2)9-12)19-11-14(17)10-16-5-7-18-8-6-16/h3-4,9,14,17H,5-8,10-11H2,1-2H3. The quantitative estimate of drug-likeness (QED) is 0.873. The van der Waals surface area contributed by atoms with E-state index in [-0.39, 0.29) is 0 Å². The molecular weight excluding hydrogens is 242 g/mol. The van der Waals surface area contributed by atoms with Crippen molar-refractivity contribution in [1.29, 1.82) is 0 Å². The summed E-state index contributed by atoms with van der Waals surface area (Å²) in [6.45, 7) is 8.35. The third-order valence-corrected chi connectivity index (χ3v) is 3.33. The summed E-state index contributed by atoms with van der Waals surface area (Å²) in [5.41, 5.74) is 2.33. The largest absolute Gasteiger partial charge is 0.491 e. The monoisotopic (exact) mass is 265 g/mol. The Balaban J connectivity index is 1.77. The van der Waals surface area contributed by atoms with Crippen LogP contribution in [0.15, 0.2) is 18.2 Å². The van der Waals surface area contributed by atoms with Crippen molar-refractivity contribution in [2.75, 3.05) is 39.5 Å². The van der Waals surface area contributed by atoms with Gasteiger partial charge in [0.15, 0.2) is 0 Å². The van der Waals surface area contributed by atoms with Gasteiger partial charge in [0.05, 0.1) is 13.2 Å². The minimum absolute atomic E-state index is 0.335. The molecule has 0 spiro atoms. The average Bonchev–Trinajstić information content (AvgIpc) is 2.39. The van der Waals surface area contributed by atoms with Crippen LogP contribution in [0.2, 0.25) is 0 Å². The van der Waals surface area contributed by atoms with Crippen molar-refractivity contribution >= 4 is 0 Å². The zero-order valence-electron chi connectivity index (χ0n) is 11.8. The molecule has 19 heavy (non-hydrogen) atoms. The lowest BCUT2D eigenvalue weighted by atomic mass is 10.1. The zero-order chi connectivity index (χ0) is 13.7. The maximum atomic E-state index is 10.0. The van der Waals surface area contributed by atoms with Crippen LogP contribution in [0.4, 0.5) is 0 Å². The summed E-state index contributed by atoms with van der Waals surface area (Å²) in [4.78, 5) is 2.21. The number of ether oxygens (including phenoxy) is 2. The Morgan fingerprint density at radius 3 is 2.74 bits per heavy atom. The second-order valence-corrected chi connectivity index (χ2v) is 5.15. The fraction of sp³-hybridized carbons (Fsp3) is 0.600. The Hall–Kier alpha value is -1.10. The normalized spacial score (nSPS) is 18.3. The number of benzene rings is 1. The molecule has 1 aromatic carbocycles. The number of aliphatic hydroxyl groups excluding tert-OH is 1. The van der Waals surface area contributed by atoms with Crippen molar-refractivity contribution in [3.63, 3.8) is 0 Å². The average molecular weight is 265 g/mol. The maximum Gasteiger partial charge on any atom is 0.122 e. The molecule has 1 heterocycles. The molecule has 1 N–H and O–H groups in total. The molecule has 1 fully saturated rings. The lowest BCUT2D eigenvalue weighted by Gasteiger charge is -2.28. The molecule has 1 atom stereocenters. The summed E-state index contributed by atoms with van der Waals surface area (Å²) in [5.74, 6) is 0.853. The number of hydrogen-bond acceptors (Lipinski definition) is 4. The Labute approximate surface area is 114 Å². The van der Waals surface area contributed by atoms with Gasteiger partial charge >= 0.3 is 0 Å². The summed E-state index contributed by atoms with van der Waals surface area (Å²) in [7, 11) is 0. The number of rotatable bonds is 5. The first-order chi connectivity index (χ1) is 9.15. The number of hydrogen-bond donors (Lipinski definition) is 1. The van der Waals surface area contributed by atoms with Crippen LogP contribution in [0.1, 0.15) is 11.1 Å². The predicted octanol–water partition coefficient (Wildman–Crippen LogP) is 1.38. The molecule has 106 valence electrons. The minimum atomic E-state index is -0.459. The van der Waals surface area contributed by atoms with Crippen LogP contribution in [0, 0.1) is 13.8 Å². The first-order valence-electron chi connectivity index (χ1n) is 6.83. The highest BCUT2D eigenvalue weighted by Crippen LogP contribution is 2.18. The molecule has 1 unspecified atom stereocenters. The highest BCUT2D eigenvalue weighted by molar-refractivity contribution is 5.35. The van der Waals surface area contributed by atoms with Gasteiger partial charge in [0, 0.05) is 19.6 Å². The summed E-state index contributed by atoms with van der Waals surface area (Å²) >= 11 is 0. The van der Waals surface area contributed by atoms with Gasteiger partial charge < -0.3 is 14.6 Å². The van der Waals surface area contributed by atoms with E-state index in [1.54, 1.807) is 0 Å². The van der Waals surface area contributed by atoms with Gasteiger partial charge in [0.1, 0.15) is 18.5 Å². The Morgan fingerprint density at radius 1 is 1.32 bits per heavy atom. The highest BCUT2D eigenvalue weighted by Gasteiger charge is 2.15. The molecule has 0 aromatic heterocycles. The molecule has 0 amide bonds. The molecule has 0 bridgehead atoms. The van der Waals surface area contributed by atoms with Crippen LogP contribution in [0.5, 0.6) is 5.75 Å².